The third-order valence-electron chi connectivity index (χ3n) is 4.82. The van der Waals surface area contributed by atoms with Gasteiger partial charge in [0.25, 0.3) is 0 Å². The number of fused-ring (bicyclic) bond motifs is 2. The fourth-order valence-corrected chi connectivity index (χ4v) is 3.87. The number of carbonyl (C=O) groups is 2. The normalized spacial score (nSPS) is 26.8. The van der Waals surface area contributed by atoms with E-state index in [1.807, 2.05) is 0 Å². The van der Waals surface area contributed by atoms with E-state index < -0.39 is 11.8 Å². The van der Waals surface area contributed by atoms with Gasteiger partial charge in [-0.2, -0.15) is 0 Å². The van der Waals surface area contributed by atoms with Crippen molar-refractivity contribution in [3.63, 3.8) is 0 Å². The van der Waals surface area contributed by atoms with Gasteiger partial charge >= 0.3 is 5.97 Å². The average molecular weight is 291 g/mol. The summed E-state index contributed by atoms with van der Waals surface area (Å²) in [5.41, 5.74) is -0.0478. The van der Waals surface area contributed by atoms with Crippen molar-refractivity contribution in [2.24, 2.45) is 17.8 Å². The van der Waals surface area contributed by atoms with Crippen molar-refractivity contribution in [3.05, 3.63) is 29.6 Å². The molecule has 21 heavy (non-hydrogen) atoms. The van der Waals surface area contributed by atoms with E-state index in [-0.39, 0.29) is 17.2 Å². The number of carboxylic acids is 1. The van der Waals surface area contributed by atoms with Crippen LogP contribution in [0.5, 0.6) is 0 Å². The van der Waals surface area contributed by atoms with Crippen LogP contribution < -0.4 is 5.32 Å². The summed E-state index contributed by atoms with van der Waals surface area (Å²) in [4.78, 5) is 23.2. The first-order valence-corrected chi connectivity index (χ1v) is 7.35. The van der Waals surface area contributed by atoms with Crippen LogP contribution >= 0.6 is 0 Å². The summed E-state index contributed by atoms with van der Waals surface area (Å²) in [5, 5.41) is 11.6. The van der Waals surface area contributed by atoms with Crippen LogP contribution in [0.2, 0.25) is 0 Å². The van der Waals surface area contributed by atoms with Gasteiger partial charge in [-0.05, 0) is 55.2 Å². The number of hydrogen-bond acceptors (Lipinski definition) is 2. The van der Waals surface area contributed by atoms with Crippen LogP contribution in [0.3, 0.4) is 0 Å². The molecule has 0 spiro atoms. The highest BCUT2D eigenvalue weighted by atomic mass is 19.1. The zero-order valence-corrected chi connectivity index (χ0v) is 11.6. The molecule has 1 amide bonds. The van der Waals surface area contributed by atoms with E-state index in [1.165, 1.54) is 25.3 Å². The molecule has 0 radical (unpaired) electrons. The number of carboxylic acid groups (broad SMARTS) is 1. The van der Waals surface area contributed by atoms with E-state index >= 15 is 0 Å². The van der Waals surface area contributed by atoms with E-state index in [4.69, 9.17) is 5.11 Å². The predicted molar refractivity (Wildman–Crippen MR) is 75.5 cm³/mol. The van der Waals surface area contributed by atoms with Gasteiger partial charge < -0.3 is 10.4 Å². The summed E-state index contributed by atoms with van der Waals surface area (Å²) in [6.45, 7) is 0. The molecule has 1 aromatic rings. The molecule has 2 N–H and O–H groups in total. The molecule has 3 atom stereocenters. The average Bonchev–Trinajstić information content (AvgIpc) is 3.00. The second-order valence-corrected chi connectivity index (χ2v) is 6.18. The quantitative estimate of drug-likeness (QED) is 0.894. The van der Waals surface area contributed by atoms with E-state index in [0.717, 1.165) is 24.5 Å². The Balaban J connectivity index is 1.67. The summed E-state index contributed by atoms with van der Waals surface area (Å²) in [6.07, 6.45) is 5.18. The first-order valence-electron chi connectivity index (χ1n) is 7.35. The van der Waals surface area contributed by atoms with Crippen LogP contribution in [-0.4, -0.2) is 17.0 Å². The third-order valence-corrected chi connectivity index (χ3v) is 4.82. The number of aromatic carboxylic acids is 1. The number of halogens is 1. The van der Waals surface area contributed by atoms with Gasteiger partial charge in [-0.25, -0.2) is 9.18 Å². The van der Waals surface area contributed by atoms with Crippen molar-refractivity contribution in [2.45, 2.75) is 32.1 Å². The molecular formula is C16H18FNO3. The minimum Gasteiger partial charge on any atom is -0.478 e. The number of benzene rings is 1. The molecule has 112 valence electrons. The Morgan fingerprint density at radius 3 is 2.71 bits per heavy atom. The molecule has 2 aliphatic carbocycles. The van der Waals surface area contributed by atoms with E-state index in [2.05, 4.69) is 5.32 Å². The molecule has 3 rings (SSSR count). The van der Waals surface area contributed by atoms with Crippen LogP contribution in [0.4, 0.5) is 10.1 Å². The lowest BCUT2D eigenvalue weighted by atomic mass is 9.86. The van der Waals surface area contributed by atoms with Crippen LogP contribution in [0.15, 0.2) is 18.2 Å². The highest BCUT2D eigenvalue weighted by Gasteiger charge is 2.40. The number of hydrogen-bond donors (Lipinski definition) is 2. The van der Waals surface area contributed by atoms with Gasteiger partial charge in [0.15, 0.2) is 0 Å². The second kappa shape index (κ2) is 5.47. The van der Waals surface area contributed by atoms with Crippen LogP contribution in [0, 0.1) is 23.6 Å². The SMILES string of the molecule is O=C(CC1CC2CCC1C2)Nc1cc(F)ccc1C(=O)O. The second-order valence-electron chi connectivity index (χ2n) is 6.18. The molecule has 0 saturated heterocycles. The fourth-order valence-electron chi connectivity index (χ4n) is 3.87. The van der Waals surface area contributed by atoms with Crippen LogP contribution in [0.25, 0.3) is 0 Å². The van der Waals surface area contributed by atoms with Gasteiger partial charge in [-0.1, -0.05) is 6.42 Å². The highest BCUT2D eigenvalue weighted by Crippen LogP contribution is 2.49. The van der Waals surface area contributed by atoms with Crippen molar-refractivity contribution in [1.29, 1.82) is 0 Å². The third kappa shape index (κ3) is 2.91. The molecular weight excluding hydrogens is 273 g/mol. The lowest BCUT2D eigenvalue weighted by Crippen LogP contribution is -2.21. The summed E-state index contributed by atoms with van der Waals surface area (Å²) in [6, 6.07) is 3.31. The molecule has 3 unspecified atom stereocenters. The van der Waals surface area contributed by atoms with Gasteiger partial charge in [0, 0.05) is 6.42 Å². The maximum absolute atomic E-state index is 13.2. The molecule has 2 saturated carbocycles. The summed E-state index contributed by atoms with van der Waals surface area (Å²) >= 11 is 0. The van der Waals surface area contributed by atoms with Gasteiger partial charge in [-0.15, -0.1) is 0 Å². The Hall–Kier alpha value is -1.91. The zero-order valence-electron chi connectivity index (χ0n) is 11.6. The van der Waals surface area contributed by atoms with Crippen LogP contribution in [-0.2, 0) is 4.79 Å². The molecule has 4 nitrogen and oxygen atoms in total. The van der Waals surface area contributed by atoms with Gasteiger partial charge in [0.2, 0.25) is 5.91 Å². The van der Waals surface area contributed by atoms with Gasteiger partial charge in [0.1, 0.15) is 5.82 Å². The molecule has 2 fully saturated rings. The Morgan fingerprint density at radius 2 is 2.10 bits per heavy atom. The highest BCUT2D eigenvalue weighted by molar-refractivity contribution is 6.00. The summed E-state index contributed by atoms with van der Waals surface area (Å²) in [5.74, 6) is -0.171. The lowest BCUT2D eigenvalue weighted by Gasteiger charge is -2.21. The Labute approximate surface area is 122 Å². The van der Waals surface area contributed by atoms with Crippen molar-refractivity contribution >= 4 is 17.6 Å². The first-order chi connectivity index (χ1) is 10.0. The molecule has 5 heteroatoms. The maximum atomic E-state index is 13.2. The Kier molecular flexibility index (Phi) is 3.66. The molecule has 2 aliphatic rings. The maximum Gasteiger partial charge on any atom is 0.337 e. The molecule has 0 aliphatic heterocycles. The van der Waals surface area contributed by atoms with Crippen molar-refractivity contribution < 1.29 is 19.1 Å². The van der Waals surface area contributed by atoms with Crippen molar-refractivity contribution in [2.75, 3.05) is 5.32 Å². The summed E-state index contributed by atoms with van der Waals surface area (Å²) < 4.78 is 13.2. The molecule has 0 heterocycles. The predicted octanol–water partition coefficient (Wildman–Crippen LogP) is 3.29. The number of rotatable bonds is 4. The minimum atomic E-state index is -1.18. The Morgan fingerprint density at radius 1 is 1.29 bits per heavy atom. The van der Waals surface area contributed by atoms with E-state index in [9.17, 15) is 14.0 Å². The molecule has 1 aromatic carbocycles. The molecule has 0 aromatic heterocycles. The number of nitrogens with one attached hydrogen (secondary N) is 1. The fraction of sp³-hybridized carbons (Fsp3) is 0.500. The number of anilines is 1. The van der Waals surface area contributed by atoms with Crippen LogP contribution in [0.1, 0.15) is 42.5 Å². The minimum absolute atomic E-state index is 0.0376. The number of amides is 1. The molecule has 2 bridgehead atoms. The van der Waals surface area contributed by atoms with Crippen molar-refractivity contribution in [3.8, 4) is 0 Å². The summed E-state index contributed by atoms with van der Waals surface area (Å²) in [7, 11) is 0. The first kappa shape index (κ1) is 14.0. The monoisotopic (exact) mass is 291 g/mol. The van der Waals surface area contributed by atoms with E-state index in [1.54, 1.807) is 0 Å². The zero-order chi connectivity index (χ0) is 15.0. The topological polar surface area (TPSA) is 66.4 Å². The van der Waals surface area contributed by atoms with Gasteiger partial charge in [-0.3, -0.25) is 4.79 Å². The van der Waals surface area contributed by atoms with Gasteiger partial charge in [0.05, 0.1) is 11.3 Å². The standard InChI is InChI=1S/C16H18FNO3/c17-12-3-4-13(16(20)21)14(8-12)18-15(19)7-11-6-9-1-2-10(11)5-9/h3-4,8-11H,1-2,5-7H2,(H,18,19)(H,20,21). The Bertz CT molecular complexity index is 587. The van der Waals surface area contributed by atoms with E-state index in [0.29, 0.717) is 18.3 Å². The number of carbonyl (C=O) groups excluding carboxylic acids is 1. The smallest absolute Gasteiger partial charge is 0.337 e. The lowest BCUT2D eigenvalue weighted by molar-refractivity contribution is -0.117. The van der Waals surface area contributed by atoms with Crippen molar-refractivity contribution in [1.82, 2.24) is 0 Å². The largest absolute Gasteiger partial charge is 0.478 e.